The van der Waals surface area contributed by atoms with Crippen LogP contribution < -0.4 is 5.32 Å². The number of hydrogen-bond donors (Lipinski definition) is 1. The van der Waals surface area contributed by atoms with Gasteiger partial charge in [0.2, 0.25) is 0 Å². The molecule has 0 aromatic carbocycles. The summed E-state index contributed by atoms with van der Waals surface area (Å²) in [6.45, 7) is 5.54. The van der Waals surface area contributed by atoms with Crippen molar-refractivity contribution in [2.45, 2.75) is 25.8 Å². The number of thiazole rings is 1. The lowest BCUT2D eigenvalue weighted by Crippen LogP contribution is -2.32. The molecule has 1 aromatic heterocycles. The highest BCUT2D eigenvalue weighted by molar-refractivity contribution is 7.09. The van der Waals surface area contributed by atoms with Gasteiger partial charge in [-0.15, -0.1) is 11.3 Å². The fourth-order valence-corrected chi connectivity index (χ4v) is 2.68. The lowest BCUT2D eigenvalue weighted by molar-refractivity contribution is 0.398. The largest absolute Gasteiger partial charge is 0.312 e. The molecule has 4 heteroatoms. The molecule has 1 aliphatic rings. The summed E-state index contributed by atoms with van der Waals surface area (Å²) in [7, 11) is 2.19. The molecular weight excluding hydrogens is 206 g/mol. The molecule has 2 heterocycles. The highest BCUT2D eigenvalue weighted by Crippen LogP contribution is 2.09. The summed E-state index contributed by atoms with van der Waals surface area (Å²) < 4.78 is 0. The Morgan fingerprint density at radius 3 is 3.13 bits per heavy atom. The van der Waals surface area contributed by atoms with Crippen LogP contribution in [0.15, 0.2) is 5.38 Å². The Morgan fingerprint density at radius 2 is 2.53 bits per heavy atom. The molecule has 2 rings (SSSR count). The first-order valence-electron chi connectivity index (χ1n) is 5.57. The van der Waals surface area contributed by atoms with E-state index in [0.29, 0.717) is 6.04 Å². The van der Waals surface area contributed by atoms with Crippen LogP contribution in [0.5, 0.6) is 0 Å². The minimum Gasteiger partial charge on any atom is -0.312 e. The third kappa shape index (κ3) is 3.26. The van der Waals surface area contributed by atoms with E-state index in [1.54, 1.807) is 11.3 Å². The van der Waals surface area contributed by atoms with Crippen molar-refractivity contribution in [2.75, 3.05) is 26.7 Å². The summed E-state index contributed by atoms with van der Waals surface area (Å²) in [5.74, 6) is 0. The van der Waals surface area contributed by atoms with E-state index in [1.165, 1.54) is 30.2 Å². The van der Waals surface area contributed by atoms with Crippen LogP contribution in [0, 0.1) is 6.92 Å². The predicted octanol–water partition coefficient (Wildman–Crippen LogP) is 1.29. The molecule has 1 fully saturated rings. The van der Waals surface area contributed by atoms with Gasteiger partial charge in [-0.05, 0) is 26.9 Å². The maximum Gasteiger partial charge on any atom is 0.0897 e. The lowest BCUT2D eigenvalue weighted by atomic mass is 10.2. The van der Waals surface area contributed by atoms with Crippen molar-refractivity contribution < 1.29 is 0 Å². The van der Waals surface area contributed by atoms with Crippen LogP contribution in [0.25, 0.3) is 0 Å². The van der Waals surface area contributed by atoms with Crippen LogP contribution >= 0.6 is 11.3 Å². The van der Waals surface area contributed by atoms with Crippen LogP contribution in [0.1, 0.15) is 17.1 Å². The Balaban J connectivity index is 1.67. The number of likely N-dealkylation sites (N-methyl/N-ethyl adjacent to an activating group) is 1. The number of hydrogen-bond acceptors (Lipinski definition) is 4. The van der Waals surface area contributed by atoms with Crippen LogP contribution in [0.3, 0.4) is 0 Å². The van der Waals surface area contributed by atoms with Crippen molar-refractivity contribution >= 4 is 11.3 Å². The number of rotatable bonds is 4. The molecule has 15 heavy (non-hydrogen) atoms. The number of aromatic nitrogens is 1. The zero-order chi connectivity index (χ0) is 10.7. The minimum atomic E-state index is 0.690. The Labute approximate surface area is 95.5 Å². The SMILES string of the molecule is Cc1nc(CCNC2CCN(C)C2)cs1. The van der Waals surface area contributed by atoms with Crippen molar-refractivity contribution in [2.24, 2.45) is 0 Å². The van der Waals surface area contributed by atoms with E-state index in [0.717, 1.165) is 13.0 Å². The summed E-state index contributed by atoms with van der Waals surface area (Å²) in [4.78, 5) is 6.84. The minimum absolute atomic E-state index is 0.690. The second-order valence-electron chi connectivity index (χ2n) is 4.31. The van der Waals surface area contributed by atoms with E-state index in [-0.39, 0.29) is 0 Å². The van der Waals surface area contributed by atoms with Crippen molar-refractivity contribution in [3.8, 4) is 0 Å². The summed E-state index contributed by atoms with van der Waals surface area (Å²) in [5, 5.41) is 6.93. The van der Waals surface area contributed by atoms with Gasteiger partial charge in [0, 0.05) is 30.9 Å². The first-order chi connectivity index (χ1) is 7.24. The van der Waals surface area contributed by atoms with Gasteiger partial charge in [0.1, 0.15) is 0 Å². The molecular formula is C11H19N3S. The zero-order valence-corrected chi connectivity index (χ0v) is 10.3. The normalized spacial score (nSPS) is 22.4. The second kappa shape index (κ2) is 5.05. The molecule has 0 bridgehead atoms. The Bertz CT molecular complexity index is 311. The van der Waals surface area contributed by atoms with Gasteiger partial charge in [-0.3, -0.25) is 0 Å². The van der Waals surface area contributed by atoms with Gasteiger partial charge in [-0.2, -0.15) is 0 Å². The van der Waals surface area contributed by atoms with E-state index < -0.39 is 0 Å². The third-order valence-electron chi connectivity index (χ3n) is 2.87. The van der Waals surface area contributed by atoms with Gasteiger partial charge in [0.25, 0.3) is 0 Å². The van der Waals surface area contributed by atoms with E-state index in [2.05, 4.69) is 34.6 Å². The average Bonchev–Trinajstić information content (AvgIpc) is 2.76. The molecule has 1 saturated heterocycles. The summed E-state index contributed by atoms with van der Waals surface area (Å²) >= 11 is 1.74. The molecule has 0 amide bonds. The van der Waals surface area contributed by atoms with Gasteiger partial charge >= 0.3 is 0 Å². The predicted molar refractivity (Wildman–Crippen MR) is 64.5 cm³/mol. The maximum atomic E-state index is 4.46. The summed E-state index contributed by atoms with van der Waals surface area (Å²) in [6.07, 6.45) is 2.34. The average molecular weight is 225 g/mol. The van der Waals surface area contributed by atoms with Crippen molar-refractivity contribution in [1.82, 2.24) is 15.2 Å². The molecule has 1 atom stereocenters. The van der Waals surface area contributed by atoms with E-state index in [1.807, 2.05) is 0 Å². The van der Waals surface area contributed by atoms with Gasteiger partial charge in [0.05, 0.1) is 10.7 Å². The number of likely N-dealkylation sites (tertiary alicyclic amines) is 1. The first kappa shape index (κ1) is 11.0. The molecule has 1 aromatic rings. The van der Waals surface area contributed by atoms with Crippen LogP contribution in [0.4, 0.5) is 0 Å². The topological polar surface area (TPSA) is 28.2 Å². The summed E-state index contributed by atoms with van der Waals surface area (Å²) in [5.41, 5.74) is 1.23. The van der Waals surface area contributed by atoms with Gasteiger partial charge in [-0.25, -0.2) is 4.98 Å². The van der Waals surface area contributed by atoms with Crippen molar-refractivity contribution in [1.29, 1.82) is 0 Å². The van der Waals surface area contributed by atoms with Gasteiger partial charge in [-0.1, -0.05) is 0 Å². The molecule has 0 radical (unpaired) electrons. The van der Waals surface area contributed by atoms with Crippen LogP contribution in [-0.4, -0.2) is 42.6 Å². The first-order valence-corrected chi connectivity index (χ1v) is 6.45. The standard InChI is InChI=1S/C11H19N3S/c1-9-13-11(8-15-9)3-5-12-10-4-6-14(2)7-10/h8,10,12H,3-7H2,1-2H3. The van der Waals surface area contributed by atoms with E-state index in [9.17, 15) is 0 Å². The molecule has 0 aliphatic carbocycles. The quantitative estimate of drug-likeness (QED) is 0.837. The highest BCUT2D eigenvalue weighted by Gasteiger charge is 2.18. The Kier molecular flexibility index (Phi) is 3.72. The van der Waals surface area contributed by atoms with Crippen LogP contribution in [-0.2, 0) is 6.42 Å². The molecule has 84 valence electrons. The zero-order valence-electron chi connectivity index (χ0n) is 9.49. The monoisotopic (exact) mass is 225 g/mol. The summed E-state index contributed by atoms with van der Waals surface area (Å²) in [6, 6.07) is 0.690. The fourth-order valence-electron chi connectivity index (χ4n) is 2.03. The Hall–Kier alpha value is -0.450. The van der Waals surface area contributed by atoms with Crippen molar-refractivity contribution in [3.63, 3.8) is 0 Å². The smallest absolute Gasteiger partial charge is 0.0897 e. The number of aryl methyl sites for hydroxylation is 1. The third-order valence-corrected chi connectivity index (χ3v) is 3.69. The van der Waals surface area contributed by atoms with Crippen molar-refractivity contribution in [3.05, 3.63) is 16.1 Å². The molecule has 3 nitrogen and oxygen atoms in total. The van der Waals surface area contributed by atoms with Gasteiger partial charge in [0.15, 0.2) is 0 Å². The lowest BCUT2D eigenvalue weighted by Gasteiger charge is -2.11. The number of nitrogens with one attached hydrogen (secondary N) is 1. The highest BCUT2D eigenvalue weighted by atomic mass is 32.1. The molecule has 1 aliphatic heterocycles. The fraction of sp³-hybridized carbons (Fsp3) is 0.727. The molecule has 1 unspecified atom stereocenters. The van der Waals surface area contributed by atoms with E-state index >= 15 is 0 Å². The second-order valence-corrected chi connectivity index (χ2v) is 5.37. The molecule has 0 spiro atoms. The molecule has 0 saturated carbocycles. The number of nitrogens with zero attached hydrogens (tertiary/aromatic N) is 2. The Morgan fingerprint density at radius 1 is 1.67 bits per heavy atom. The van der Waals surface area contributed by atoms with E-state index in [4.69, 9.17) is 0 Å². The van der Waals surface area contributed by atoms with Crippen LogP contribution in [0.2, 0.25) is 0 Å². The van der Waals surface area contributed by atoms with Gasteiger partial charge < -0.3 is 10.2 Å². The molecule has 1 N–H and O–H groups in total. The maximum absolute atomic E-state index is 4.46.